The molecule has 0 N–H and O–H groups in total. The molecule has 100 valence electrons. The fourth-order valence-corrected chi connectivity index (χ4v) is 2.30. The van der Waals surface area contributed by atoms with Gasteiger partial charge >= 0.3 is 5.97 Å². The van der Waals surface area contributed by atoms with Crippen molar-refractivity contribution in [1.29, 1.82) is 0 Å². The zero-order valence-electron chi connectivity index (χ0n) is 11.3. The molecule has 2 unspecified atom stereocenters. The van der Waals surface area contributed by atoms with Gasteiger partial charge in [0, 0.05) is 13.2 Å². The standard InChI is InChI=1S/C13H25NO3/c1-4-12(13(15)16-5-2)14(3)10-11-8-6-7-9-17-11/h11-12H,4-10H2,1-3H3. The third-order valence-electron chi connectivity index (χ3n) is 3.24. The molecule has 0 saturated carbocycles. The highest BCUT2D eigenvalue weighted by Crippen LogP contribution is 2.15. The lowest BCUT2D eigenvalue weighted by atomic mass is 10.1. The van der Waals surface area contributed by atoms with E-state index in [2.05, 4.69) is 4.90 Å². The first kappa shape index (κ1) is 14.5. The minimum atomic E-state index is -0.138. The molecule has 0 radical (unpaired) electrons. The van der Waals surface area contributed by atoms with Crippen LogP contribution in [-0.4, -0.2) is 49.8 Å². The zero-order chi connectivity index (χ0) is 12.7. The van der Waals surface area contributed by atoms with Crippen LogP contribution in [0.3, 0.4) is 0 Å². The molecule has 0 bridgehead atoms. The number of hydrogen-bond acceptors (Lipinski definition) is 4. The lowest BCUT2D eigenvalue weighted by molar-refractivity contribution is -0.150. The average Bonchev–Trinajstić information content (AvgIpc) is 2.31. The van der Waals surface area contributed by atoms with E-state index in [0.717, 1.165) is 32.4 Å². The summed E-state index contributed by atoms with van der Waals surface area (Å²) in [4.78, 5) is 13.8. The van der Waals surface area contributed by atoms with Crippen LogP contribution in [0.5, 0.6) is 0 Å². The van der Waals surface area contributed by atoms with Crippen LogP contribution in [0.4, 0.5) is 0 Å². The molecule has 0 spiro atoms. The molecular weight excluding hydrogens is 218 g/mol. The van der Waals surface area contributed by atoms with E-state index in [1.54, 1.807) is 0 Å². The van der Waals surface area contributed by atoms with Crippen LogP contribution >= 0.6 is 0 Å². The molecule has 4 heteroatoms. The number of carbonyl (C=O) groups excluding carboxylic acids is 1. The molecule has 1 rings (SSSR count). The summed E-state index contributed by atoms with van der Waals surface area (Å²) in [6, 6.07) is -0.138. The first-order valence-electron chi connectivity index (χ1n) is 6.67. The second kappa shape index (κ2) is 7.67. The second-order valence-electron chi connectivity index (χ2n) is 4.60. The van der Waals surface area contributed by atoms with Crippen LogP contribution in [0.2, 0.25) is 0 Å². The van der Waals surface area contributed by atoms with Crippen molar-refractivity contribution in [2.75, 3.05) is 26.8 Å². The quantitative estimate of drug-likeness (QED) is 0.667. The summed E-state index contributed by atoms with van der Waals surface area (Å²) >= 11 is 0. The predicted octanol–water partition coefficient (Wildman–Crippen LogP) is 1.83. The summed E-state index contributed by atoms with van der Waals surface area (Å²) in [5, 5.41) is 0. The Bertz CT molecular complexity index is 227. The Hall–Kier alpha value is -0.610. The minimum absolute atomic E-state index is 0.117. The Morgan fingerprint density at radius 1 is 1.47 bits per heavy atom. The highest BCUT2D eigenvalue weighted by atomic mass is 16.5. The minimum Gasteiger partial charge on any atom is -0.465 e. The van der Waals surface area contributed by atoms with Gasteiger partial charge in [0.25, 0.3) is 0 Å². The van der Waals surface area contributed by atoms with Crippen molar-refractivity contribution >= 4 is 5.97 Å². The van der Waals surface area contributed by atoms with Gasteiger partial charge in [-0.05, 0) is 39.7 Å². The summed E-state index contributed by atoms with van der Waals surface area (Å²) in [6.45, 7) is 5.98. The monoisotopic (exact) mass is 243 g/mol. The molecule has 4 nitrogen and oxygen atoms in total. The van der Waals surface area contributed by atoms with Crippen LogP contribution in [0, 0.1) is 0 Å². The van der Waals surface area contributed by atoms with Crippen molar-refractivity contribution in [3.63, 3.8) is 0 Å². The molecule has 1 aliphatic heterocycles. The third-order valence-corrected chi connectivity index (χ3v) is 3.24. The number of likely N-dealkylation sites (N-methyl/N-ethyl adjacent to an activating group) is 1. The highest BCUT2D eigenvalue weighted by molar-refractivity contribution is 5.75. The Morgan fingerprint density at radius 2 is 2.24 bits per heavy atom. The van der Waals surface area contributed by atoms with E-state index in [-0.39, 0.29) is 18.1 Å². The van der Waals surface area contributed by atoms with E-state index < -0.39 is 0 Å². The summed E-state index contributed by atoms with van der Waals surface area (Å²) in [5.74, 6) is -0.117. The number of carbonyl (C=O) groups is 1. The molecule has 1 fully saturated rings. The molecule has 0 aromatic rings. The van der Waals surface area contributed by atoms with Gasteiger partial charge in [0.1, 0.15) is 6.04 Å². The van der Waals surface area contributed by atoms with E-state index in [9.17, 15) is 4.79 Å². The Balaban J connectivity index is 2.41. The van der Waals surface area contributed by atoms with Crippen molar-refractivity contribution in [3.8, 4) is 0 Å². The fourth-order valence-electron chi connectivity index (χ4n) is 2.30. The summed E-state index contributed by atoms with van der Waals surface area (Å²) in [7, 11) is 1.98. The zero-order valence-corrected chi connectivity index (χ0v) is 11.3. The van der Waals surface area contributed by atoms with Gasteiger partial charge in [-0.15, -0.1) is 0 Å². The molecule has 0 aliphatic carbocycles. The predicted molar refractivity (Wildman–Crippen MR) is 66.9 cm³/mol. The molecule has 0 aromatic heterocycles. The van der Waals surface area contributed by atoms with Crippen molar-refractivity contribution in [2.24, 2.45) is 0 Å². The maximum atomic E-state index is 11.8. The molecule has 1 heterocycles. The van der Waals surface area contributed by atoms with E-state index >= 15 is 0 Å². The topological polar surface area (TPSA) is 38.8 Å². The van der Waals surface area contributed by atoms with E-state index in [1.807, 2.05) is 20.9 Å². The van der Waals surface area contributed by atoms with Crippen LogP contribution in [-0.2, 0) is 14.3 Å². The van der Waals surface area contributed by atoms with Crippen LogP contribution in [0.15, 0.2) is 0 Å². The summed E-state index contributed by atoms with van der Waals surface area (Å²) in [6.07, 6.45) is 4.55. The number of ether oxygens (including phenoxy) is 2. The lowest BCUT2D eigenvalue weighted by Crippen LogP contribution is -2.44. The van der Waals surface area contributed by atoms with Gasteiger partial charge in [0.2, 0.25) is 0 Å². The van der Waals surface area contributed by atoms with E-state index in [1.165, 1.54) is 6.42 Å². The SMILES string of the molecule is CCOC(=O)C(CC)N(C)CC1CCCCO1. The van der Waals surface area contributed by atoms with Crippen molar-refractivity contribution in [2.45, 2.75) is 51.7 Å². The maximum absolute atomic E-state index is 11.8. The molecule has 0 amide bonds. The smallest absolute Gasteiger partial charge is 0.323 e. The number of nitrogens with zero attached hydrogens (tertiary/aromatic N) is 1. The number of rotatable bonds is 6. The van der Waals surface area contributed by atoms with Gasteiger partial charge in [-0.3, -0.25) is 9.69 Å². The van der Waals surface area contributed by atoms with E-state index in [4.69, 9.17) is 9.47 Å². The third kappa shape index (κ3) is 4.64. The Kier molecular flexibility index (Phi) is 6.52. The van der Waals surface area contributed by atoms with E-state index in [0.29, 0.717) is 6.61 Å². The van der Waals surface area contributed by atoms with Crippen LogP contribution in [0.1, 0.15) is 39.5 Å². The molecule has 1 aliphatic rings. The van der Waals surface area contributed by atoms with Crippen molar-refractivity contribution in [3.05, 3.63) is 0 Å². The second-order valence-corrected chi connectivity index (χ2v) is 4.60. The van der Waals surface area contributed by atoms with Crippen LogP contribution < -0.4 is 0 Å². The Labute approximate surface area is 104 Å². The normalized spacial score (nSPS) is 22.5. The highest BCUT2D eigenvalue weighted by Gasteiger charge is 2.25. The summed E-state index contributed by atoms with van der Waals surface area (Å²) in [5.41, 5.74) is 0. The van der Waals surface area contributed by atoms with Gasteiger partial charge < -0.3 is 9.47 Å². The maximum Gasteiger partial charge on any atom is 0.323 e. The molecule has 0 aromatic carbocycles. The van der Waals surface area contributed by atoms with Crippen molar-refractivity contribution < 1.29 is 14.3 Å². The molecule has 1 saturated heterocycles. The van der Waals surface area contributed by atoms with Gasteiger partial charge in [0.05, 0.1) is 12.7 Å². The number of esters is 1. The van der Waals surface area contributed by atoms with Gasteiger partial charge in [-0.25, -0.2) is 0 Å². The molecule has 2 atom stereocenters. The van der Waals surface area contributed by atoms with Gasteiger partial charge in [-0.2, -0.15) is 0 Å². The number of hydrogen-bond donors (Lipinski definition) is 0. The molecular formula is C13H25NO3. The fraction of sp³-hybridized carbons (Fsp3) is 0.923. The largest absolute Gasteiger partial charge is 0.465 e. The average molecular weight is 243 g/mol. The van der Waals surface area contributed by atoms with Crippen molar-refractivity contribution in [1.82, 2.24) is 4.90 Å². The van der Waals surface area contributed by atoms with Gasteiger partial charge in [0.15, 0.2) is 0 Å². The summed E-state index contributed by atoms with van der Waals surface area (Å²) < 4.78 is 10.8. The first-order chi connectivity index (χ1) is 8.19. The molecule has 17 heavy (non-hydrogen) atoms. The lowest BCUT2D eigenvalue weighted by Gasteiger charge is -2.31. The first-order valence-corrected chi connectivity index (χ1v) is 6.67. The van der Waals surface area contributed by atoms with Gasteiger partial charge in [-0.1, -0.05) is 6.92 Å². The Morgan fingerprint density at radius 3 is 2.76 bits per heavy atom. The van der Waals surface area contributed by atoms with Crippen LogP contribution in [0.25, 0.3) is 0 Å².